The quantitative estimate of drug-likeness (QED) is 0.754. The molecule has 0 unspecified atom stereocenters. The Morgan fingerprint density at radius 2 is 2.10 bits per heavy atom. The van der Waals surface area contributed by atoms with E-state index in [9.17, 15) is 9.59 Å². The summed E-state index contributed by atoms with van der Waals surface area (Å²) in [7, 11) is 1.62. The summed E-state index contributed by atoms with van der Waals surface area (Å²) in [6.07, 6.45) is 3.64. The molecule has 114 valence electrons. The Morgan fingerprint density at radius 1 is 1.38 bits per heavy atom. The number of aliphatic carboxylic acids is 1. The van der Waals surface area contributed by atoms with E-state index in [1.54, 1.807) is 13.1 Å². The number of nitrogens with zero attached hydrogens (tertiary/aromatic N) is 1. The summed E-state index contributed by atoms with van der Waals surface area (Å²) in [6.45, 7) is 5.09. The highest BCUT2D eigenvalue weighted by Crippen LogP contribution is 2.20. The van der Waals surface area contributed by atoms with Crippen LogP contribution in [0.2, 0.25) is 0 Å². The van der Waals surface area contributed by atoms with Crippen LogP contribution in [0.1, 0.15) is 24.5 Å². The van der Waals surface area contributed by atoms with Crippen molar-refractivity contribution < 1.29 is 14.7 Å². The number of aryl methyl sites for hydroxylation is 1. The fourth-order valence-electron chi connectivity index (χ4n) is 2.03. The van der Waals surface area contributed by atoms with E-state index in [-0.39, 0.29) is 5.91 Å². The van der Waals surface area contributed by atoms with Gasteiger partial charge in [0.2, 0.25) is 5.91 Å². The zero-order valence-electron chi connectivity index (χ0n) is 12.7. The van der Waals surface area contributed by atoms with Gasteiger partial charge in [0, 0.05) is 25.4 Å². The first-order valence-corrected chi connectivity index (χ1v) is 6.95. The minimum absolute atomic E-state index is 0.0315. The molecule has 0 bridgehead atoms. The molecular weight excluding hydrogens is 268 g/mol. The Hall–Kier alpha value is -2.30. The molecule has 0 aliphatic carbocycles. The number of carbonyl (C=O) groups is 2. The zero-order valence-corrected chi connectivity index (χ0v) is 12.7. The third-order valence-corrected chi connectivity index (χ3v) is 3.13. The third kappa shape index (κ3) is 5.30. The first-order chi connectivity index (χ1) is 9.97. The molecule has 0 saturated carbocycles. The molecule has 1 aromatic rings. The predicted octanol–water partition coefficient (Wildman–Crippen LogP) is 2.06. The van der Waals surface area contributed by atoms with Gasteiger partial charge in [0.15, 0.2) is 0 Å². The molecule has 0 aliphatic heterocycles. The van der Waals surface area contributed by atoms with Gasteiger partial charge in [0.25, 0.3) is 0 Å². The average Bonchev–Trinajstić information content (AvgIpc) is 2.45. The SMILES string of the molecule is CCCN(CC(=O)NC)c1ccc(C=CC(=O)O)c(C)c1. The van der Waals surface area contributed by atoms with Gasteiger partial charge >= 0.3 is 5.97 Å². The van der Waals surface area contributed by atoms with E-state index in [0.29, 0.717) is 6.54 Å². The van der Waals surface area contributed by atoms with Crippen LogP contribution in [-0.4, -0.2) is 37.1 Å². The summed E-state index contributed by atoms with van der Waals surface area (Å²) < 4.78 is 0. The van der Waals surface area contributed by atoms with Gasteiger partial charge in [-0.05, 0) is 42.7 Å². The van der Waals surface area contributed by atoms with Crippen molar-refractivity contribution in [2.24, 2.45) is 0 Å². The second kappa shape index (κ2) is 8.09. The first kappa shape index (κ1) is 16.8. The summed E-state index contributed by atoms with van der Waals surface area (Å²) >= 11 is 0. The van der Waals surface area contributed by atoms with Crippen LogP contribution in [0.5, 0.6) is 0 Å². The van der Waals surface area contributed by atoms with Crippen molar-refractivity contribution in [1.82, 2.24) is 5.32 Å². The Balaban J connectivity index is 2.97. The molecule has 0 aromatic heterocycles. The molecule has 0 saturated heterocycles. The van der Waals surface area contributed by atoms with Crippen molar-refractivity contribution in [3.05, 3.63) is 35.4 Å². The largest absolute Gasteiger partial charge is 0.478 e. The van der Waals surface area contributed by atoms with Gasteiger partial charge in [-0.2, -0.15) is 0 Å². The topological polar surface area (TPSA) is 69.6 Å². The lowest BCUT2D eigenvalue weighted by atomic mass is 10.1. The molecule has 1 amide bonds. The van der Waals surface area contributed by atoms with Crippen molar-refractivity contribution >= 4 is 23.6 Å². The summed E-state index contributed by atoms with van der Waals surface area (Å²) in [5, 5.41) is 11.3. The maximum atomic E-state index is 11.6. The number of nitrogens with one attached hydrogen (secondary N) is 1. The molecule has 5 nitrogen and oxygen atoms in total. The molecule has 5 heteroatoms. The second-order valence-corrected chi connectivity index (χ2v) is 4.81. The number of likely N-dealkylation sites (N-methyl/N-ethyl adjacent to an activating group) is 1. The third-order valence-electron chi connectivity index (χ3n) is 3.13. The first-order valence-electron chi connectivity index (χ1n) is 6.95. The minimum atomic E-state index is -0.967. The number of anilines is 1. The normalized spacial score (nSPS) is 10.6. The number of benzene rings is 1. The molecule has 2 N–H and O–H groups in total. The van der Waals surface area contributed by atoms with Crippen LogP contribution in [0.25, 0.3) is 6.08 Å². The average molecular weight is 290 g/mol. The highest BCUT2D eigenvalue weighted by Gasteiger charge is 2.10. The van der Waals surface area contributed by atoms with E-state index in [1.807, 2.05) is 30.0 Å². The fourth-order valence-corrected chi connectivity index (χ4v) is 2.03. The van der Waals surface area contributed by atoms with E-state index in [1.165, 1.54) is 0 Å². The van der Waals surface area contributed by atoms with Gasteiger partial charge in [-0.25, -0.2) is 4.79 Å². The number of rotatable bonds is 7. The summed E-state index contributed by atoms with van der Waals surface area (Å²) in [4.78, 5) is 24.1. The highest BCUT2D eigenvalue weighted by atomic mass is 16.4. The van der Waals surface area contributed by atoms with Crippen LogP contribution in [0.15, 0.2) is 24.3 Å². The van der Waals surface area contributed by atoms with E-state index < -0.39 is 5.97 Å². The van der Waals surface area contributed by atoms with Crippen LogP contribution in [-0.2, 0) is 9.59 Å². The van der Waals surface area contributed by atoms with Gasteiger partial charge < -0.3 is 15.3 Å². The number of hydrogen-bond acceptors (Lipinski definition) is 3. The molecule has 0 atom stereocenters. The Labute approximate surface area is 125 Å². The molecule has 0 aliphatic rings. The minimum Gasteiger partial charge on any atom is -0.478 e. The maximum absolute atomic E-state index is 11.6. The summed E-state index contributed by atoms with van der Waals surface area (Å²) in [5.74, 6) is -0.998. The molecule has 0 spiro atoms. The van der Waals surface area contributed by atoms with Crippen LogP contribution in [0.4, 0.5) is 5.69 Å². The van der Waals surface area contributed by atoms with Crippen molar-refractivity contribution in [3.63, 3.8) is 0 Å². The fraction of sp³-hybridized carbons (Fsp3) is 0.375. The number of carboxylic acids is 1. The number of carbonyl (C=O) groups excluding carboxylic acids is 1. The number of amides is 1. The number of carboxylic acid groups (broad SMARTS) is 1. The van der Waals surface area contributed by atoms with Crippen LogP contribution >= 0.6 is 0 Å². The Morgan fingerprint density at radius 3 is 2.62 bits per heavy atom. The van der Waals surface area contributed by atoms with Crippen molar-refractivity contribution in [1.29, 1.82) is 0 Å². The predicted molar refractivity (Wildman–Crippen MR) is 84.4 cm³/mol. The van der Waals surface area contributed by atoms with Crippen LogP contribution in [0, 0.1) is 6.92 Å². The van der Waals surface area contributed by atoms with E-state index in [2.05, 4.69) is 12.2 Å². The van der Waals surface area contributed by atoms with E-state index >= 15 is 0 Å². The second-order valence-electron chi connectivity index (χ2n) is 4.81. The Bertz CT molecular complexity index is 538. The lowest BCUT2D eigenvalue weighted by Gasteiger charge is -2.24. The zero-order chi connectivity index (χ0) is 15.8. The lowest BCUT2D eigenvalue weighted by molar-refractivity contribution is -0.131. The van der Waals surface area contributed by atoms with E-state index in [4.69, 9.17) is 5.11 Å². The molecular formula is C16H22N2O3. The number of hydrogen-bond donors (Lipinski definition) is 2. The molecule has 0 radical (unpaired) electrons. The highest BCUT2D eigenvalue weighted by molar-refractivity contribution is 5.86. The van der Waals surface area contributed by atoms with Crippen molar-refractivity contribution in [3.8, 4) is 0 Å². The standard InChI is InChI=1S/C16H22N2O3/c1-4-9-18(11-15(19)17-3)14-7-5-13(12(2)10-14)6-8-16(20)21/h5-8,10H,4,9,11H2,1-3H3,(H,17,19)(H,20,21). The molecule has 0 fully saturated rings. The molecule has 0 heterocycles. The summed E-state index contributed by atoms with van der Waals surface area (Å²) in [5.41, 5.74) is 2.80. The summed E-state index contributed by atoms with van der Waals surface area (Å²) in [6, 6.07) is 5.75. The van der Waals surface area contributed by atoms with Crippen molar-refractivity contribution in [2.75, 3.05) is 25.0 Å². The van der Waals surface area contributed by atoms with E-state index in [0.717, 1.165) is 35.9 Å². The van der Waals surface area contributed by atoms with Gasteiger partial charge in [0.1, 0.15) is 0 Å². The molecule has 1 rings (SSSR count). The van der Waals surface area contributed by atoms with Crippen LogP contribution < -0.4 is 10.2 Å². The van der Waals surface area contributed by atoms with Crippen LogP contribution in [0.3, 0.4) is 0 Å². The maximum Gasteiger partial charge on any atom is 0.328 e. The van der Waals surface area contributed by atoms with Gasteiger partial charge in [0.05, 0.1) is 6.54 Å². The van der Waals surface area contributed by atoms with Gasteiger partial charge in [-0.3, -0.25) is 4.79 Å². The monoisotopic (exact) mass is 290 g/mol. The van der Waals surface area contributed by atoms with Gasteiger partial charge in [-0.1, -0.05) is 13.0 Å². The molecule has 21 heavy (non-hydrogen) atoms. The van der Waals surface area contributed by atoms with Crippen molar-refractivity contribution in [2.45, 2.75) is 20.3 Å². The smallest absolute Gasteiger partial charge is 0.328 e. The molecule has 1 aromatic carbocycles. The Kier molecular flexibility index (Phi) is 6.46. The lowest BCUT2D eigenvalue weighted by Crippen LogP contribution is -2.36. The van der Waals surface area contributed by atoms with Gasteiger partial charge in [-0.15, -0.1) is 0 Å².